The molecular formula is C17H19N3. The number of anilines is 2. The van der Waals surface area contributed by atoms with Gasteiger partial charge in [-0.3, -0.25) is 0 Å². The van der Waals surface area contributed by atoms with E-state index in [1.165, 1.54) is 16.8 Å². The van der Waals surface area contributed by atoms with Crippen molar-refractivity contribution < 1.29 is 0 Å². The number of hydrogen-bond donors (Lipinski definition) is 1. The Morgan fingerprint density at radius 3 is 2.35 bits per heavy atom. The second kappa shape index (κ2) is 6.12. The largest absolute Gasteiger partial charge is 0.381 e. The topological polar surface area (TPSA) is 39.1 Å². The van der Waals surface area contributed by atoms with Gasteiger partial charge in [0, 0.05) is 32.0 Å². The molecule has 2 rings (SSSR count). The molecule has 0 bridgehead atoms. The van der Waals surface area contributed by atoms with Crippen LogP contribution in [-0.2, 0) is 6.54 Å². The maximum Gasteiger partial charge on any atom is 0.0991 e. The number of nitriles is 1. The molecule has 102 valence electrons. The molecule has 0 amide bonds. The van der Waals surface area contributed by atoms with Crippen molar-refractivity contribution in [1.82, 2.24) is 0 Å². The zero-order valence-electron chi connectivity index (χ0n) is 12.1. The fourth-order valence-corrected chi connectivity index (χ4v) is 2.02. The van der Waals surface area contributed by atoms with Crippen LogP contribution in [0.4, 0.5) is 11.4 Å². The van der Waals surface area contributed by atoms with Crippen molar-refractivity contribution in [2.45, 2.75) is 13.5 Å². The van der Waals surface area contributed by atoms with Crippen molar-refractivity contribution >= 4 is 11.4 Å². The van der Waals surface area contributed by atoms with Crippen LogP contribution in [0.25, 0.3) is 0 Å². The first kappa shape index (κ1) is 14.0. The van der Waals surface area contributed by atoms with Crippen molar-refractivity contribution in [3.05, 3.63) is 59.2 Å². The molecular weight excluding hydrogens is 246 g/mol. The van der Waals surface area contributed by atoms with Gasteiger partial charge in [0.2, 0.25) is 0 Å². The molecule has 0 radical (unpaired) electrons. The van der Waals surface area contributed by atoms with Gasteiger partial charge in [-0.2, -0.15) is 5.26 Å². The molecule has 0 aliphatic heterocycles. The van der Waals surface area contributed by atoms with Gasteiger partial charge < -0.3 is 10.2 Å². The minimum absolute atomic E-state index is 0.695. The van der Waals surface area contributed by atoms with E-state index in [-0.39, 0.29) is 0 Å². The van der Waals surface area contributed by atoms with Gasteiger partial charge in [-0.1, -0.05) is 12.1 Å². The summed E-state index contributed by atoms with van der Waals surface area (Å²) in [5, 5.41) is 12.2. The van der Waals surface area contributed by atoms with Gasteiger partial charge in [-0.05, 0) is 48.4 Å². The highest BCUT2D eigenvalue weighted by atomic mass is 15.1. The van der Waals surface area contributed by atoms with Crippen LogP contribution in [0.5, 0.6) is 0 Å². The molecule has 1 N–H and O–H groups in total. The standard InChI is InChI=1S/C17H19N3/c1-13-10-16(20(2)3)8-9-17(13)19-12-15-6-4-14(11-18)5-7-15/h4-10,19H,12H2,1-3H3. The van der Waals surface area contributed by atoms with Crippen molar-refractivity contribution in [3.63, 3.8) is 0 Å². The van der Waals surface area contributed by atoms with E-state index >= 15 is 0 Å². The number of nitrogens with one attached hydrogen (secondary N) is 1. The van der Waals surface area contributed by atoms with E-state index in [1.54, 1.807) is 0 Å². The fourth-order valence-electron chi connectivity index (χ4n) is 2.02. The molecule has 0 spiro atoms. The minimum Gasteiger partial charge on any atom is -0.381 e. The highest BCUT2D eigenvalue weighted by molar-refractivity contribution is 5.59. The van der Waals surface area contributed by atoms with Gasteiger partial charge in [0.1, 0.15) is 0 Å². The SMILES string of the molecule is Cc1cc(N(C)C)ccc1NCc1ccc(C#N)cc1. The number of benzene rings is 2. The Bertz CT molecular complexity index is 622. The Balaban J connectivity index is 2.05. The summed E-state index contributed by atoms with van der Waals surface area (Å²) in [4.78, 5) is 2.09. The Labute approximate surface area is 120 Å². The van der Waals surface area contributed by atoms with E-state index in [1.807, 2.05) is 38.4 Å². The van der Waals surface area contributed by atoms with E-state index in [0.717, 1.165) is 12.2 Å². The first-order chi connectivity index (χ1) is 9.60. The Morgan fingerprint density at radius 1 is 1.10 bits per heavy atom. The predicted octanol–water partition coefficient (Wildman–Crippen LogP) is 3.54. The lowest BCUT2D eigenvalue weighted by atomic mass is 10.1. The van der Waals surface area contributed by atoms with Gasteiger partial charge in [0.15, 0.2) is 0 Å². The molecule has 20 heavy (non-hydrogen) atoms. The van der Waals surface area contributed by atoms with Gasteiger partial charge in [0.25, 0.3) is 0 Å². The molecule has 2 aromatic rings. The van der Waals surface area contributed by atoms with Crippen LogP contribution in [0.1, 0.15) is 16.7 Å². The molecule has 0 aliphatic rings. The third-order valence-corrected chi connectivity index (χ3v) is 3.29. The number of rotatable bonds is 4. The van der Waals surface area contributed by atoms with Crippen LogP contribution < -0.4 is 10.2 Å². The van der Waals surface area contributed by atoms with Crippen LogP contribution in [-0.4, -0.2) is 14.1 Å². The van der Waals surface area contributed by atoms with E-state index < -0.39 is 0 Å². The summed E-state index contributed by atoms with van der Waals surface area (Å²) < 4.78 is 0. The van der Waals surface area contributed by atoms with Gasteiger partial charge in [0.05, 0.1) is 11.6 Å². The summed E-state index contributed by atoms with van der Waals surface area (Å²) >= 11 is 0. The lowest BCUT2D eigenvalue weighted by molar-refractivity contribution is 1.11. The molecule has 3 nitrogen and oxygen atoms in total. The van der Waals surface area contributed by atoms with Crippen LogP contribution in [0.15, 0.2) is 42.5 Å². The quantitative estimate of drug-likeness (QED) is 0.919. The third kappa shape index (κ3) is 3.30. The van der Waals surface area contributed by atoms with Crippen LogP contribution >= 0.6 is 0 Å². The second-order valence-electron chi connectivity index (χ2n) is 5.06. The molecule has 0 atom stereocenters. The molecule has 3 heteroatoms. The lowest BCUT2D eigenvalue weighted by Crippen LogP contribution is -2.09. The van der Waals surface area contributed by atoms with Gasteiger partial charge >= 0.3 is 0 Å². The van der Waals surface area contributed by atoms with E-state index in [4.69, 9.17) is 5.26 Å². The number of hydrogen-bond acceptors (Lipinski definition) is 3. The molecule has 0 fully saturated rings. The zero-order chi connectivity index (χ0) is 14.5. The van der Waals surface area contributed by atoms with Gasteiger partial charge in [-0.15, -0.1) is 0 Å². The molecule has 0 saturated carbocycles. The van der Waals surface area contributed by atoms with Crippen molar-refractivity contribution in [1.29, 1.82) is 5.26 Å². The molecule has 2 aromatic carbocycles. The number of nitrogens with zero attached hydrogens (tertiary/aromatic N) is 2. The van der Waals surface area contributed by atoms with Crippen LogP contribution in [0, 0.1) is 18.3 Å². The lowest BCUT2D eigenvalue weighted by Gasteiger charge is -2.16. The number of aryl methyl sites for hydroxylation is 1. The maximum absolute atomic E-state index is 8.77. The molecule has 0 unspecified atom stereocenters. The first-order valence-corrected chi connectivity index (χ1v) is 6.61. The summed E-state index contributed by atoms with van der Waals surface area (Å²) in [5.41, 5.74) is 5.43. The summed E-state index contributed by atoms with van der Waals surface area (Å²) in [5.74, 6) is 0. The Hall–Kier alpha value is -2.47. The van der Waals surface area contributed by atoms with Crippen LogP contribution in [0.2, 0.25) is 0 Å². The van der Waals surface area contributed by atoms with Crippen molar-refractivity contribution in [2.24, 2.45) is 0 Å². The Kier molecular flexibility index (Phi) is 4.27. The van der Waals surface area contributed by atoms with Crippen molar-refractivity contribution in [2.75, 3.05) is 24.3 Å². The summed E-state index contributed by atoms with van der Waals surface area (Å²) in [6.07, 6.45) is 0. The average molecular weight is 265 g/mol. The van der Waals surface area contributed by atoms with Crippen molar-refractivity contribution in [3.8, 4) is 6.07 Å². The zero-order valence-corrected chi connectivity index (χ0v) is 12.1. The van der Waals surface area contributed by atoms with E-state index in [9.17, 15) is 0 Å². The normalized spacial score (nSPS) is 9.90. The average Bonchev–Trinajstić information content (AvgIpc) is 2.46. The fraction of sp³-hybridized carbons (Fsp3) is 0.235. The minimum atomic E-state index is 0.695. The monoisotopic (exact) mass is 265 g/mol. The molecule has 0 saturated heterocycles. The molecule has 0 heterocycles. The second-order valence-corrected chi connectivity index (χ2v) is 5.06. The third-order valence-electron chi connectivity index (χ3n) is 3.29. The highest BCUT2D eigenvalue weighted by Crippen LogP contribution is 2.21. The van der Waals surface area contributed by atoms with Crippen LogP contribution in [0.3, 0.4) is 0 Å². The first-order valence-electron chi connectivity index (χ1n) is 6.61. The summed E-state index contributed by atoms with van der Waals surface area (Å²) in [6, 6.07) is 16.2. The predicted molar refractivity (Wildman–Crippen MR) is 84.0 cm³/mol. The highest BCUT2D eigenvalue weighted by Gasteiger charge is 2.01. The molecule has 0 aromatic heterocycles. The molecule has 0 aliphatic carbocycles. The maximum atomic E-state index is 8.77. The van der Waals surface area contributed by atoms with E-state index in [0.29, 0.717) is 5.56 Å². The van der Waals surface area contributed by atoms with Gasteiger partial charge in [-0.25, -0.2) is 0 Å². The smallest absolute Gasteiger partial charge is 0.0991 e. The van der Waals surface area contributed by atoms with E-state index in [2.05, 4.69) is 41.4 Å². The summed E-state index contributed by atoms with van der Waals surface area (Å²) in [7, 11) is 4.08. The Morgan fingerprint density at radius 2 is 1.80 bits per heavy atom. The summed E-state index contributed by atoms with van der Waals surface area (Å²) in [6.45, 7) is 2.86.